The third kappa shape index (κ3) is 4.64. The van der Waals surface area contributed by atoms with Gasteiger partial charge in [-0.15, -0.1) is 0 Å². The lowest BCUT2D eigenvalue weighted by molar-refractivity contribution is -0.129. The average molecular weight is 530 g/mol. The molecule has 0 radical (unpaired) electrons. The lowest BCUT2D eigenvalue weighted by atomic mass is 10.1. The number of furan rings is 1. The Hall–Kier alpha value is -3.20. The number of methoxy groups -OCH3 is 1. The second kappa shape index (κ2) is 9.74. The molecular weight excluding hydrogens is 512 g/mol. The Morgan fingerprint density at radius 3 is 2.48 bits per heavy atom. The van der Waals surface area contributed by atoms with Crippen molar-refractivity contribution >= 4 is 57.1 Å². The van der Waals surface area contributed by atoms with Crippen molar-refractivity contribution in [3.63, 3.8) is 0 Å². The molecule has 4 rings (SSSR count). The van der Waals surface area contributed by atoms with Crippen LogP contribution in [0.2, 0.25) is 5.02 Å². The van der Waals surface area contributed by atoms with E-state index in [4.69, 9.17) is 20.8 Å². The summed E-state index contributed by atoms with van der Waals surface area (Å²) < 4.78 is 11.6. The number of carbonyl (C=O) groups is 3. The molecule has 9 heteroatoms. The SMILES string of the molecule is COCCN1C(=O)/C(=C/c2ccc(-c3ccc(Br)c(Cl)c3)o2)C(=O)N(c2ccccc2)C1=O. The summed E-state index contributed by atoms with van der Waals surface area (Å²) in [6.07, 6.45) is 1.34. The van der Waals surface area contributed by atoms with Crippen LogP contribution < -0.4 is 4.90 Å². The van der Waals surface area contributed by atoms with Gasteiger partial charge in [-0.25, -0.2) is 9.69 Å². The minimum Gasteiger partial charge on any atom is -0.457 e. The van der Waals surface area contributed by atoms with E-state index in [0.717, 1.165) is 19.8 Å². The van der Waals surface area contributed by atoms with Gasteiger partial charge in [-0.1, -0.05) is 35.9 Å². The molecule has 2 heterocycles. The molecule has 0 N–H and O–H groups in total. The van der Waals surface area contributed by atoms with E-state index < -0.39 is 17.8 Å². The third-order valence-corrected chi connectivity index (χ3v) is 6.21. The standard InChI is InChI=1S/C24H18BrClN2O5/c1-32-12-11-27-22(29)18(23(30)28(24(27)31)16-5-3-2-4-6-16)14-17-8-10-21(33-17)15-7-9-19(25)20(26)13-15/h2-10,13-14H,11-12H2,1H3/b18-14-. The summed E-state index contributed by atoms with van der Waals surface area (Å²) in [5.74, 6) is -0.637. The number of benzene rings is 2. The summed E-state index contributed by atoms with van der Waals surface area (Å²) in [5.41, 5.74) is 0.902. The van der Waals surface area contributed by atoms with Gasteiger partial charge in [0.1, 0.15) is 17.1 Å². The topological polar surface area (TPSA) is 80.1 Å². The summed E-state index contributed by atoms with van der Waals surface area (Å²) in [7, 11) is 1.47. The Morgan fingerprint density at radius 1 is 1.03 bits per heavy atom. The Morgan fingerprint density at radius 2 is 1.79 bits per heavy atom. The quantitative estimate of drug-likeness (QED) is 0.316. The van der Waals surface area contributed by atoms with Crippen molar-refractivity contribution in [3.8, 4) is 11.3 Å². The van der Waals surface area contributed by atoms with Crippen molar-refractivity contribution in [1.82, 2.24) is 4.90 Å². The van der Waals surface area contributed by atoms with Crippen molar-refractivity contribution in [3.05, 3.63) is 81.5 Å². The van der Waals surface area contributed by atoms with E-state index in [2.05, 4.69) is 15.9 Å². The van der Waals surface area contributed by atoms with E-state index in [1.165, 1.54) is 13.2 Å². The first-order chi connectivity index (χ1) is 15.9. The number of ether oxygens (including phenoxy) is 1. The number of barbiturate groups is 1. The second-order valence-electron chi connectivity index (χ2n) is 7.10. The first kappa shape index (κ1) is 23.0. The molecule has 168 valence electrons. The van der Waals surface area contributed by atoms with Crippen molar-refractivity contribution < 1.29 is 23.5 Å². The van der Waals surface area contributed by atoms with Crippen LogP contribution in [0.4, 0.5) is 10.5 Å². The molecule has 33 heavy (non-hydrogen) atoms. The number of hydrogen-bond acceptors (Lipinski definition) is 5. The molecule has 1 aliphatic heterocycles. The zero-order valence-corrected chi connectivity index (χ0v) is 19.8. The number of amides is 4. The largest absolute Gasteiger partial charge is 0.457 e. The number of urea groups is 1. The number of imide groups is 2. The van der Waals surface area contributed by atoms with Crippen molar-refractivity contribution in [2.45, 2.75) is 0 Å². The van der Waals surface area contributed by atoms with E-state index >= 15 is 0 Å². The van der Waals surface area contributed by atoms with Crippen molar-refractivity contribution in [2.75, 3.05) is 25.2 Å². The molecular formula is C24H18BrClN2O5. The van der Waals surface area contributed by atoms with Crippen LogP contribution in [0.5, 0.6) is 0 Å². The fraction of sp³-hybridized carbons (Fsp3) is 0.125. The molecule has 0 atom stereocenters. The van der Waals surface area contributed by atoms with Gasteiger partial charge in [0, 0.05) is 17.1 Å². The summed E-state index contributed by atoms with van der Waals surface area (Å²) >= 11 is 9.51. The van der Waals surface area contributed by atoms with E-state index in [9.17, 15) is 14.4 Å². The zero-order chi connectivity index (χ0) is 23.5. The molecule has 1 aliphatic rings. The Kier molecular flexibility index (Phi) is 6.78. The number of hydrogen-bond donors (Lipinski definition) is 0. The molecule has 1 saturated heterocycles. The summed E-state index contributed by atoms with van der Waals surface area (Å²) in [5, 5.41) is 0.521. The Balaban J connectivity index is 1.72. The predicted octanol–water partition coefficient (Wildman–Crippen LogP) is 5.39. The van der Waals surface area contributed by atoms with Gasteiger partial charge in [0.25, 0.3) is 11.8 Å². The highest BCUT2D eigenvalue weighted by atomic mass is 79.9. The highest BCUT2D eigenvalue weighted by Gasteiger charge is 2.42. The summed E-state index contributed by atoms with van der Waals surface area (Å²) in [6, 6.07) is 16.4. The molecule has 1 aromatic heterocycles. The highest BCUT2D eigenvalue weighted by Crippen LogP contribution is 2.31. The first-order valence-electron chi connectivity index (χ1n) is 9.92. The van der Waals surface area contributed by atoms with Crippen molar-refractivity contribution in [2.24, 2.45) is 0 Å². The van der Waals surface area contributed by atoms with Gasteiger partial charge in [-0.2, -0.15) is 0 Å². The molecule has 0 spiro atoms. The maximum atomic E-state index is 13.2. The normalized spacial score (nSPS) is 15.6. The molecule has 0 aliphatic carbocycles. The van der Waals surface area contributed by atoms with Crippen LogP contribution in [-0.4, -0.2) is 43.0 Å². The average Bonchev–Trinajstić information content (AvgIpc) is 3.28. The fourth-order valence-corrected chi connectivity index (χ4v) is 3.76. The van der Waals surface area contributed by atoms with Gasteiger partial charge >= 0.3 is 6.03 Å². The van der Waals surface area contributed by atoms with Crippen LogP contribution in [0.1, 0.15) is 5.76 Å². The lowest BCUT2D eigenvalue weighted by Crippen LogP contribution is -2.57. The van der Waals surface area contributed by atoms with Gasteiger partial charge in [-0.05, 0) is 58.4 Å². The monoisotopic (exact) mass is 528 g/mol. The van der Waals surface area contributed by atoms with E-state index in [1.54, 1.807) is 54.6 Å². The molecule has 0 bridgehead atoms. The van der Waals surface area contributed by atoms with Crippen LogP contribution in [0.25, 0.3) is 17.4 Å². The predicted molar refractivity (Wildman–Crippen MR) is 128 cm³/mol. The van der Waals surface area contributed by atoms with E-state index in [0.29, 0.717) is 16.5 Å². The third-order valence-electron chi connectivity index (χ3n) is 4.98. The number of para-hydroxylation sites is 1. The highest BCUT2D eigenvalue weighted by molar-refractivity contribution is 9.10. The Labute approximate surface area is 203 Å². The van der Waals surface area contributed by atoms with Gasteiger partial charge in [0.2, 0.25) is 0 Å². The smallest absolute Gasteiger partial charge is 0.338 e. The summed E-state index contributed by atoms with van der Waals surface area (Å²) in [6.45, 7) is 0.139. The van der Waals surface area contributed by atoms with Crippen LogP contribution in [0, 0.1) is 0 Å². The maximum Gasteiger partial charge on any atom is 0.338 e. The minimum atomic E-state index is -0.727. The second-order valence-corrected chi connectivity index (χ2v) is 8.36. The number of nitrogens with zero attached hydrogens (tertiary/aromatic N) is 2. The Bertz CT molecular complexity index is 1250. The zero-order valence-electron chi connectivity index (χ0n) is 17.5. The van der Waals surface area contributed by atoms with Gasteiger partial charge < -0.3 is 9.15 Å². The maximum absolute atomic E-state index is 13.2. The van der Waals surface area contributed by atoms with Crippen LogP contribution in [0.3, 0.4) is 0 Å². The molecule has 4 amide bonds. The van der Waals surface area contributed by atoms with Crippen LogP contribution in [0.15, 0.2) is 75.1 Å². The molecule has 0 unspecified atom stereocenters. The molecule has 7 nitrogen and oxygen atoms in total. The van der Waals surface area contributed by atoms with Gasteiger partial charge in [0.05, 0.1) is 23.9 Å². The molecule has 3 aromatic rings. The lowest BCUT2D eigenvalue weighted by Gasteiger charge is -2.33. The molecule has 1 fully saturated rings. The minimum absolute atomic E-state index is 0.00289. The van der Waals surface area contributed by atoms with E-state index in [-0.39, 0.29) is 24.5 Å². The summed E-state index contributed by atoms with van der Waals surface area (Å²) in [4.78, 5) is 41.2. The number of carbonyl (C=O) groups excluding carboxylic acids is 3. The molecule has 0 saturated carbocycles. The van der Waals surface area contributed by atoms with Gasteiger partial charge in [0.15, 0.2) is 0 Å². The first-order valence-corrected chi connectivity index (χ1v) is 11.1. The van der Waals surface area contributed by atoms with Crippen molar-refractivity contribution in [1.29, 1.82) is 0 Å². The molecule has 2 aromatic carbocycles. The number of rotatable bonds is 6. The number of anilines is 1. The van der Waals surface area contributed by atoms with Gasteiger partial charge in [-0.3, -0.25) is 14.5 Å². The van der Waals surface area contributed by atoms with Crippen LogP contribution >= 0.6 is 27.5 Å². The van der Waals surface area contributed by atoms with Crippen LogP contribution in [-0.2, 0) is 14.3 Å². The fourth-order valence-electron chi connectivity index (χ4n) is 3.34. The number of halogens is 2. The van der Waals surface area contributed by atoms with E-state index in [1.807, 2.05) is 6.07 Å².